The molecule has 0 aliphatic heterocycles. The van der Waals surface area contributed by atoms with Crippen LogP contribution in [-0.2, 0) is 4.79 Å². The minimum atomic E-state index is 0.319. The first kappa shape index (κ1) is 18.7. The van der Waals surface area contributed by atoms with Crippen molar-refractivity contribution >= 4 is 5.78 Å². The largest absolute Gasteiger partial charge is 0.490 e. The number of ether oxygens (including phenoxy) is 1. The van der Waals surface area contributed by atoms with E-state index in [9.17, 15) is 4.79 Å². The monoisotopic (exact) mass is 380 g/mol. The second kappa shape index (κ2) is 6.61. The minimum absolute atomic E-state index is 0.319. The Morgan fingerprint density at radius 2 is 1.64 bits per heavy atom. The number of Topliss-reactive ketones (excluding diaryl/α,β-unsaturated/α-hetero) is 1. The van der Waals surface area contributed by atoms with Crippen LogP contribution in [0.15, 0.2) is 24.3 Å². The van der Waals surface area contributed by atoms with Gasteiger partial charge in [-0.25, -0.2) is 0 Å². The quantitative estimate of drug-likeness (QED) is 0.597. The standard InChI is InChI=1S/C26H36O2/c1-17-4-7-20(8-5-17)28-24-11-10-22-21-9-6-18-16-19(27)12-14-25(18,2)23(21)13-15-26(22,24)3/h4-5,7-8,18,21-24H,6,9-16H2,1-3H3/t18-,21+,22+,23-,24-,25-,26-/m0/s1. The number of benzene rings is 1. The van der Waals surface area contributed by atoms with Gasteiger partial charge in [0.05, 0.1) is 0 Å². The normalized spacial score (nSPS) is 45.1. The highest BCUT2D eigenvalue weighted by atomic mass is 16.5. The molecule has 4 aliphatic carbocycles. The predicted octanol–water partition coefficient (Wildman–Crippen LogP) is 6.35. The Labute approximate surface area is 170 Å². The number of aryl methyl sites for hydroxylation is 1. The molecule has 0 unspecified atom stereocenters. The fourth-order valence-electron chi connectivity index (χ4n) is 7.97. The van der Waals surface area contributed by atoms with Gasteiger partial charge in [-0.15, -0.1) is 0 Å². The lowest BCUT2D eigenvalue weighted by atomic mass is 9.45. The average Bonchev–Trinajstić information content (AvgIpc) is 3.00. The molecule has 28 heavy (non-hydrogen) atoms. The molecule has 4 fully saturated rings. The Kier molecular flexibility index (Phi) is 4.41. The fraction of sp³-hybridized carbons (Fsp3) is 0.731. The second-order valence-electron chi connectivity index (χ2n) is 10.9. The first-order valence-corrected chi connectivity index (χ1v) is 11.7. The lowest BCUT2D eigenvalue weighted by Gasteiger charge is -2.60. The molecule has 0 saturated heterocycles. The molecule has 1 aromatic rings. The van der Waals surface area contributed by atoms with Gasteiger partial charge in [0.1, 0.15) is 17.6 Å². The lowest BCUT2D eigenvalue weighted by Crippen LogP contribution is -2.54. The van der Waals surface area contributed by atoms with Crippen molar-refractivity contribution < 1.29 is 9.53 Å². The maximum absolute atomic E-state index is 12.1. The van der Waals surface area contributed by atoms with Crippen molar-refractivity contribution in [1.82, 2.24) is 0 Å². The second-order valence-corrected chi connectivity index (χ2v) is 10.9. The van der Waals surface area contributed by atoms with Crippen molar-refractivity contribution in [2.24, 2.45) is 34.5 Å². The lowest BCUT2D eigenvalue weighted by molar-refractivity contribution is -0.141. The molecule has 4 saturated carbocycles. The van der Waals surface area contributed by atoms with Crippen LogP contribution < -0.4 is 4.74 Å². The molecular formula is C26H36O2. The summed E-state index contributed by atoms with van der Waals surface area (Å²) in [7, 11) is 0. The molecule has 4 aliphatic rings. The van der Waals surface area contributed by atoms with Gasteiger partial charge in [-0.1, -0.05) is 31.5 Å². The average molecular weight is 381 g/mol. The zero-order chi connectivity index (χ0) is 19.5. The first-order chi connectivity index (χ1) is 13.4. The van der Waals surface area contributed by atoms with E-state index < -0.39 is 0 Å². The molecule has 0 bridgehead atoms. The van der Waals surface area contributed by atoms with E-state index in [2.05, 4.69) is 45.0 Å². The van der Waals surface area contributed by atoms with Gasteiger partial charge < -0.3 is 4.74 Å². The Hall–Kier alpha value is -1.31. The maximum atomic E-state index is 12.1. The van der Waals surface area contributed by atoms with Crippen LogP contribution in [0.4, 0.5) is 0 Å². The minimum Gasteiger partial charge on any atom is -0.490 e. The summed E-state index contributed by atoms with van der Waals surface area (Å²) >= 11 is 0. The van der Waals surface area contributed by atoms with Gasteiger partial charge in [-0.3, -0.25) is 4.79 Å². The highest BCUT2D eigenvalue weighted by molar-refractivity contribution is 5.79. The van der Waals surface area contributed by atoms with Crippen LogP contribution >= 0.6 is 0 Å². The van der Waals surface area contributed by atoms with Crippen LogP contribution in [0, 0.1) is 41.4 Å². The number of hydrogen-bond acceptors (Lipinski definition) is 2. The van der Waals surface area contributed by atoms with Crippen LogP contribution in [0.5, 0.6) is 5.75 Å². The molecule has 0 N–H and O–H groups in total. The molecular weight excluding hydrogens is 344 g/mol. The van der Waals surface area contributed by atoms with E-state index in [-0.39, 0.29) is 0 Å². The summed E-state index contributed by atoms with van der Waals surface area (Å²) in [5, 5.41) is 0. The van der Waals surface area contributed by atoms with Crippen molar-refractivity contribution in [1.29, 1.82) is 0 Å². The molecule has 0 spiro atoms. The first-order valence-electron chi connectivity index (χ1n) is 11.7. The van der Waals surface area contributed by atoms with E-state index in [0.29, 0.717) is 28.6 Å². The maximum Gasteiger partial charge on any atom is 0.133 e. The van der Waals surface area contributed by atoms with Crippen LogP contribution in [0.25, 0.3) is 0 Å². The number of hydrogen-bond donors (Lipinski definition) is 0. The van der Waals surface area contributed by atoms with Gasteiger partial charge in [0, 0.05) is 18.3 Å². The molecule has 0 radical (unpaired) electrons. The number of rotatable bonds is 2. The molecule has 7 atom stereocenters. The van der Waals surface area contributed by atoms with Crippen LogP contribution in [0.3, 0.4) is 0 Å². The molecule has 5 rings (SSSR count). The number of carbonyl (C=O) groups excluding carboxylic acids is 1. The summed E-state index contributed by atoms with van der Waals surface area (Å²) in [5.74, 6) is 4.70. The third kappa shape index (κ3) is 2.77. The molecule has 2 nitrogen and oxygen atoms in total. The number of ketones is 1. The smallest absolute Gasteiger partial charge is 0.133 e. The zero-order valence-corrected chi connectivity index (χ0v) is 17.9. The fourth-order valence-corrected chi connectivity index (χ4v) is 7.97. The van der Waals surface area contributed by atoms with E-state index in [1.807, 2.05) is 0 Å². The van der Waals surface area contributed by atoms with Gasteiger partial charge in [0.25, 0.3) is 0 Å². The summed E-state index contributed by atoms with van der Waals surface area (Å²) in [5.41, 5.74) is 2.02. The van der Waals surface area contributed by atoms with Crippen molar-refractivity contribution in [3.8, 4) is 5.75 Å². The molecule has 152 valence electrons. The summed E-state index contributed by atoms with van der Waals surface area (Å²) in [6, 6.07) is 8.60. The van der Waals surface area contributed by atoms with Crippen LogP contribution in [0.2, 0.25) is 0 Å². The van der Waals surface area contributed by atoms with E-state index >= 15 is 0 Å². The highest BCUT2D eigenvalue weighted by Crippen LogP contribution is 2.66. The Balaban J connectivity index is 1.36. The molecule has 2 heteroatoms. The molecule has 0 aromatic heterocycles. The Morgan fingerprint density at radius 1 is 0.893 bits per heavy atom. The van der Waals surface area contributed by atoms with Gasteiger partial charge in [-0.05, 0) is 93.1 Å². The van der Waals surface area contributed by atoms with Crippen LogP contribution in [-0.4, -0.2) is 11.9 Å². The van der Waals surface area contributed by atoms with Gasteiger partial charge in [-0.2, -0.15) is 0 Å². The van der Waals surface area contributed by atoms with Crippen molar-refractivity contribution in [3.63, 3.8) is 0 Å². The SMILES string of the molecule is Cc1ccc(O[C@H]2CC[C@@H]3[C@H]4CC[C@H]5CC(=O)CC[C@]5(C)[C@H]4CC[C@]23C)cc1. The summed E-state index contributed by atoms with van der Waals surface area (Å²) in [6.45, 7) is 7.20. The van der Waals surface area contributed by atoms with E-state index in [1.165, 1.54) is 44.1 Å². The Morgan fingerprint density at radius 3 is 2.43 bits per heavy atom. The summed E-state index contributed by atoms with van der Waals surface area (Å²) in [4.78, 5) is 12.1. The number of fused-ring (bicyclic) bond motifs is 5. The van der Waals surface area contributed by atoms with Gasteiger partial charge in [0.15, 0.2) is 0 Å². The van der Waals surface area contributed by atoms with Crippen LogP contribution in [0.1, 0.15) is 77.2 Å². The third-order valence-corrected chi connectivity index (χ3v) is 9.69. The molecule has 0 amide bonds. The Bertz CT molecular complexity index is 752. The zero-order valence-electron chi connectivity index (χ0n) is 17.9. The van der Waals surface area contributed by atoms with Crippen molar-refractivity contribution in [2.45, 2.75) is 84.7 Å². The van der Waals surface area contributed by atoms with E-state index in [1.54, 1.807) is 0 Å². The topological polar surface area (TPSA) is 26.3 Å². The van der Waals surface area contributed by atoms with E-state index in [0.717, 1.165) is 42.8 Å². The van der Waals surface area contributed by atoms with Crippen molar-refractivity contribution in [2.75, 3.05) is 0 Å². The highest BCUT2D eigenvalue weighted by Gasteiger charge is 2.60. The van der Waals surface area contributed by atoms with Gasteiger partial charge in [0.2, 0.25) is 0 Å². The molecule has 0 heterocycles. The summed E-state index contributed by atoms with van der Waals surface area (Å²) in [6.07, 6.45) is 11.0. The summed E-state index contributed by atoms with van der Waals surface area (Å²) < 4.78 is 6.58. The van der Waals surface area contributed by atoms with Gasteiger partial charge >= 0.3 is 0 Å². The molecule has 1 aromatic carbocycles. The third-order valence-electron chi connectivity index (χ3n) is 9.69. The predicted molar refractivity (Wildman–Crippen MR) is 112 cm³/mol. The van der Waals surface area contributed by atoms with Crippen molar-refractivity contribution in [3.05, 3.63) is 29.8 Å². The van der Waals surface area contributed by atoms with E-state index in [4.69, 9.17) is 4.74 Å². The number of carbonyl (C=O) groups is 1.